The lowest BCUT2D eigenvalue weighted by Gasteiger charge is -2.09. The second kappa shape index (κ2) is 6.44. The van der Waals surface area contributed by atoms with E-state index in [9.17, 15) is 14.7 Å². The summed E-state index contributed by atoms with van der Waals surface area (Å²) < 4.78 is 9.82. The fraction of sp³-hybridized carbons (Fsp3) is 0.231. The van der Waals surface area contributed by atoms with E-state index >= 15 is 0 Å². The minimum Gasteiger partial charge on any atom is -0.545 e. The van der Waals surface area contributed by atoms with E-state index in [0.29, 0.717) is 0 Å². The molecule has 0 spiro atoms. The second-order valence-corrected chi connectivity index (χ2v) is 3.41. The minimum absolute atomic E-state index is 0.106. The molecule has 1 rings (SSSR count). The zero-order valence-electron chi connectivity index (χ0n) is 10.1. The quantitative estimate of drug-likeness (QED) is 0.569. The van der Waals surface area contributed by atoms with Crippen molar-refractivity contribution < 1.29 is 24.2 Å². The molecule has 5 nitrogen and oxygen atoms in total. The number of aromatic carboxylic acids is 1. The molecule has 0 amide bonds. The summed E-state index contributed by atoms with van der Waals surface area (Å²) in [7, 11) is 1.22. The van der Waals surface area contributed by atoms with E-state index in [1.165, 1.54) is 25.3 Å². The summed E-state index contributed by atoms with van der Waals surface area (Å²) >= 11 is 0. The predicted octanol–water partition coefficient (Wildman–Crippen LogP) is 0.792. The molecule has 0 aliphatic carbocycles. The average Bonchev–Trinajstić information content (AvgIpc) is 2.37. The van der Waals surface area contributed by atoms with Crippen molar-refractivity contribution in [2.45, 2.75) is 6.92 Å². The van der Waals surface area contributed by atoms with Crippen molar-refractivity contribution in [2.75, 3.05) is 13.7 Å². The van der Waals surface area contributed by atoms with Gasteiger partial charge in [-0.2, -0.15) is 0 Å². The van der Waals surface area contributed by atoms with Crippen molar-refractivity contribution in [3.63, 3.8) is 0 Å². The molecule has 0 N–H and O–H groups in total. The van der Waals surface area contributed by atoms with Crippen LogP contribution in [0.4, 0.5) is 0 Å². The Labute approximate surface area is 105 Å². The number of rotatable bonds is 5. The van der Waals surface area contributed by atoms with E-state index in [2.05, 4.69) is 4.74 Å². The van der Waals surface area contributed by atoms with E-state index in [1.807, 2.05) is 6.92 Å². The number of ether oxygens (including phenoxy) is 2. The molecule has 0 aromatic heterocycles. The molecular weight excluding hydrogens is 236 g/mol. The van der Waals surface area contributed by atoms with Crippen LogP contribution in [0.5, 0.6) is 5.75 Å². The number of carboxylic acids is 1. The molecule has 0 atom stereocenters. The maximum Gasteiger partial charge on any atom is 0.338 e. The first-order valence-electron chi connectivity index (χ1n) is 5.27. The molecule has 0 aliphatic rings. The lowest BCUT2D eigenvalue weighted by Crippen LogP contribution is -2.22. The normalized spacial score (nSPS) is 10.3. The largest absolute Gasteiger partial charge is 0.545 e. The highest BCUT2D eigenvalue weighted by atomic mass is 16.5. The Balaban J connectivity index is 3.05. The zero-order valence-corrected chi connectivity index (χ0v) is 10.1. The number of carboxylic acid groups (broad SMARTS) is 1. The van der Waals surface area contributed by atoms with Crippen LogP contribution in [0.2, 0.25) is 0 Å². The molecule has 18 heavy (non-hydrogen) atoms. The monoisotopic (exact) mass is 249 g/mol. The van der Waals surface area contributed by atoms with Crippen LogP contribution < -0.4 is 9.84 Å². The molecule has 5 heteroatoms. The Kier molecular flexibility index (Phi) is 4.92. The van der Waals surface area contributed by atoms with Crippen LogP contribution in [0.25, 0.3) is 0 Å². The molecule has 0 bridgehead atoms. The summed E-state index contributed by atoms with van der Waals surface area (Å²) in [6.07, 6.45) is 3.55. The van der Waals surface area contributed by atoms with Crippen LogP contribution in [-0.2, 0) is 4.74 Å². The maximum absolute atomic E-state index is 11.4. The van der Waals surface area contributed by atoms with Crippen LogP contribution in [0, 0.1) is 0 Å². The number of carbonyl (C=O) groups excluding carboxylic acids is 2. The van der Waals surface area contributed by atoms with Crippen LogP contribution in [-0.4, -0.2) is 25.7 Å². The SMILES string of the molecule is CC=CCOc1cc(C(=O)[O-])cc(C(=O)OC)c1. The number of benzene rings is 1. The highest BCUT2D eigenvalue weighted by molar-refractivity contribution is 5.94. The van der Waals surface area contributed by atoms with Crippen LogP contribution >= 0.6 is 0 Å². The van der Waals surface area contributed by atoms with Gasteiger partial charge in [-0.3, -0.25) is 0 Å². The highest BCUT2D eigenvalue weighted by Crippen LogP contribution is 2.18. The van der Waals surface area contributed by atoms with Gasteiger partial charge in [-0.1, -0.05) is 12.2 Å². The van der Waals surface area contributed by atoms with Gasteiger partial charge in [0.05, 0.1) is 18.6 Å². The standard InChI is InChI=1S/C13H14O5/c1-3-4-5-18-11-7-9(12(14)15)6-10(8-11)13(16)17-2/h3-4,6-8H,5H2,1-2H3,(H,14,15)/p-1. The third-order valence-corrected chi connectivity index (χ3v) is 2.15. The van der Waals surface area contributed by atoms with E-state index in [4.69, 9.17) is 4.74 Å². The average molecular weight is 249 g/mol. The number of methoxy groups -OCH3 is 1. The second-order valence-electron chi connectivity index (χ2n) is 3.41. The molecule has 96 valence electrons. The number of esters is 1. The molecule has 0 unspecified atom stereocenters. The van der Waals surface area contributed by atoms with Crippen LogP contribution in [0.15, 0.2) is 30.4 Å². The number of allylic oxidation sites excluding steroid dienone is 1. The Morgan fingerprint density at radius 2 is 1.94 bits per heavy atom. The third kappa shape index (κ3) is 3.62. The molecule has 1 aromatic rings. The summed E-state index contributed by atoms with van der Waals surface area (Å²) in [5.41, 5.74) is -0.0249. The molecule has 0 heterocycles. The summed E-state index contributed by atoms with van der Waals surface area (Å²) in [6.45, 7) is 2.12. The first-order chi connectivity index (χ1) is 8.58. The van der Waals surface area contributed by atoms with E-state index in [0.717, 1.165) is 0 Å². The summed E-state index contributed by atoms with van der Waals surface area (Å²) in [6, 6.07) is 3.90. The van der Waals surface area contributed by atoms with Crippen molar-refractivity contribution in [2.24, 2.45) is 0 Å². The van der Waals surface area contributed by atoms with Gasteiger partial charge in [-0.05, 0) is 25.1 Å². The smallest absolute Gasteiger partial charge is 0.338 e. The van der Waals surface area contributed by atoms with Gasteiger partial charge in [0.1, 0.15) is 12.4 Å². The van der Waals surface area contributed by atoms with Crippen molar-refractivity contribution in [1.82, 2.24) is 0 Å². The topological polar surface area (TPSA) is 75.7 Å². The van der Waals surface area contributed by atoms with E-state index in [-0.39, 0.29) is 23.5 Å². The van der Waals surface area contributed by atoms with Gasteiger partial charge in [0.15, 0.2) is 0 Å². The van der Waals surface area contributed by atoms with Crippen LogP contribution in [0.3, 0.4) is 0 Å². The van der Waals surface area contributed by atoms with Gasteiger partial charge in [0.2, 0.25) is 0 Å². The fourth-order valence-corrected chi connectivity index (χ4v) is 1.28. The van der Waals surface area contributed by atoms with Crippen molar-refractivity contribution in [3.05, 3.63) is 41.5 Å². The Bertz CT molecular complexity index is 476. The first-order valence-corrected chi connectivity index (χ1v) is 5.27. The molecule has 0 radical (unpaired) electrons. The Morgan fingerprint density at radius 3 is 2.50 bits per heavy atom. The van der Waals surface area contributed by atoms with Gasteiger partial charge >= 0.3 is 5.97 Å². The molecule has 0 fully saturated rings. The summed E-state index contributed by atoms with van der Waals surface area (Å²) in [4.78, 5) is 22.2. The van der Waals surface area contributed by atoms with E-state index in [1.54, 1.807) is 12.2 Å². The van der Waals surface area contributed by atoms with Crippen molar-refractivity contribution in [1.29, 1.82) is 0 Å². The van der Waals surface area contributed by atoms with Gasteiger partial charge in [-0.25, -0.2) is 4.79 Å². The summed E-state index contributed by atoms with van der Waals surface area (Å²) in [5.74, 6) is -1.74. The molecular formula is C13H13O5-. The lowest BCUT2D eigenvalue weighted by atomic mass is 10.1. The zero-order chi connectivity index (χ0) is 13.5. The maximum atomic E-state index is 11.4. The number of carbonyl (C=O) groups is 2. The summed E-state index contributed by atoms with van der Waals surface area (Å²) in [5, 5.41) is 10.8. The Morgan fingerprint density at radius 1 is 1.28 bits per heavy atom. The van der Waals surface area contributed by atoms with Crippen LogP contribution in [0.1, 0.15) is 27.6 Å². The van der Waals surface area contributed by atoms with Gasteiger partial charge in [0.25, 0.3) is 0 Å². The lowest BCUT2D eigenvalue weighted by molar-refractivity contribution is -0.255. The van der Waals surface area contributed by atoms with Gasteiger partial charge < -0.3 is 19.4 Å². The Hall–Kier alpha value is -2.30. The predicted molar refractivity (Wildman–Crippen MR) is 62.4 cm³/mol. The van der Waals surface area contributed by atoms with Crippen molar-refractivity contribution in [3.8, 4) is 5.75 Å². The van der Waals surface area contributed by atoms with Crippen molar-refractivity contribution >= 4 is 11.9 Å². The number of hydrogen-bond donors (Lipinski definition) is 0. The first kappa shape index (κ1) is 13.8. The fourth-order valence-electron chi connectivity index (χ4n) is 1.28. The van der Waals surface area contributed by atoms with E-state index < -0.39 is 11.9 Å². The number of hydrogen-bond acceptors (Lipinski definition) is 5. The molecule has 0 saturated heterocycles. The molecule has 1 aromatic carbocycles. The highest BCUT2D eigenvalue weighted by Gasteiger charge is 2.10. The molecule has 0 aliphatic heterocycles. The third-order valence-electron chi connectivity index (χ3n) is 2.15. The minimum atomic E-state index is -1.38. The van der Waals surface area contributed by atoms with Gasteiger partial charge in [-0.15, -0.1) is 0 Å². The van der Waals surface area contributed by atoms with Gasteiger partial charge in [0, 0.05) is 5.56 Å². The molecule has 0 saturated carbocycles.